The zero-order valence-corrected chi connectivity index (χ0v) is 9.10. The molecule has 1 rings (SSSR count). The third kappa shape index (κ3) is 11.0. The summed E-state index contributed by atoms with van der Waals surface area (Å²) in [7, 11) is -2.17. The molecule has 0 aliphatic heterocycles. The number of para-hydroxylation sites is 1. The van der Waals surface area contributed by atoms with Crippen LogP contribution in [0, 0.1) is 0 Å². The summed E-state index contributed by atoms with van der Waals surface area (Å²) in [6.07, 6.45) is 0. The average molecular weight is 283 g/mol. The van der Waals surface area contributed by atoms with E-state index >= 15 is 0 Å². The van der Waals surface area contributed by atoms with Crippen LogP contribution in [0.5, 0.6) is 5.75 Å². The zero-order chi connectivity index (χ0) is 11.9. The van der Waals surface area contributed by atoms with Gasteiger partial charge in [-0.1, -0.05) is 0 Å². The third-order valence-electron chi connectivity index (χ3n) is 0.945. The molecular formula is C6H9BO7Se. The first-order valence-electron chi connectivity index (χ1n) is 3.57. The van der Waals surface area contributed by atoms with Gasteiger partial charge in [-0.25, -0.2) is 0 Å². The molecule has 9 heteroatoms. The molecule has 0 saturated heterocycles. The smallest absolute Gasteiger partial charge is 0.402 e. The van der Waals surface area contributed by atoms with Crippen molar-refractivity contribution < 1.29 is 30.7 Å². The molecule has 0 aromatic heterocycles. The molecule has 0 spiro atoms. The minimum absolute atomic E-state index is 0.125. The molecule has 4 N–H and O–H groups in total. The fourth-order valence-electron chi connectivity index (χ4n) is 0.598. The quantitative estimate of drug-likeness (QED) is 0.477. The summed E-state index contributed by atoms with van der Waals surface area (Å²) in [6, 6.07) is 7.82. The van der Waals surface area contributed by atoms with Gasteiger partial charge in [0, 0.05) is 0 Å². The van der Waals surface area contributed by atoms with E-state index in [1.165, 1.54) is 12.1 Å². The monoisotopic (exact) mass is 284 g/mol. The summed E-state index contributed by atoms with van der Waals surface area (Å²) in [6.45, 7) is 0. The van der Waals surface area contributed by atoms with Crippen LogP contribution in [-0.4, -0.2) is 40.0 Å². The molecular weight excluding hydrogens is 274 g/mol. The Balaban J connectivity index is 0.000000423. The van der Waals surface area contributed by atoms with Gasteiger partial charge in [-0.15, -0.1) is 0 Å². The minimum Gasteiger partial charge on any atom is -0.402 e. The molecule has 0 aliphatic carbocycles. The molecule has 0 saturated carbocycles. The maximum absolute atomic E-state index is 10.2. The van der Waals surface area contributed by atoms with E-state index in [4.69, 9.17) is 19.3 Å². The van der Waals surface area contributed by atoms with E-state index in [9.17, 15) is 7.67 Å². The summed E-state index contributed by atoms with van der Waals surface area (Å²) in [4.78, 5) is 0. The number of hydrogen-bond donors (Lipinski definition) is 4. The fraction of sp³-hybridized carbons (Fsp3) is 0. The molecule has 0 heterocycles. The summed E-state index contributed by atoms with van der Waals surface area (Å²) in [5.74, 6) is 0.125. The Kier molecular flexibility index (Phi) is 6.10. The van der Waals surface area contributed by atoms with Crippen molar-refractivity contribution in [2.75, 3.05) is 0 Å². The second-order valence-corrected chi connectivity index (χ2v) is 4.32. The van der Waals surface area contributed by atoms with Gasteiger partial charge in [-0.2, -0.15) is 0 Å². The van der Waals surface area contributed by atoms with Gasteiger partial charge in [0.2, 0.25) is 0 Å². The molecule has 0 unspecified atom stereocenters. The molecule has 1 aromatic rings. The van der Waals surface area contributed by atoms with Gasteiger partial charge in [0.1, 0.15) is 0 Å². The van der Waals surface area contributed by atoms with Gasteiger partial charge in [0.25, 0.3) is 0 Å². The van der Waals surface area contributed by atoms with Crippen molar-refractivity contribution in [2.24, 2.45) is 0 Å². The summed E-state index contributed by atoms with van der Waals surface area (Å²) >= 11 is -5.06. The maximum atomic E-state index is 10.2. The normalized spacial score (nSPS) is 9.87. The van der Waals surface area contributed by atoms with Crippen molar-refractivity contribution in [1.29, 1.82) is 0 Å². The molecule has 0 fully saturated rings. The standard InChI is InChI=1S/C6H6O4Se.BH3O3/c7-11(8,9)10-6-4-2-1-3-5-6;2-1(3)4/h1-5H,(H,7,8,9);2-4H. The van der Waals surface area contributed by atoms with E-state index in [0.29, 0.717) is 0 Å². The van der Waals surface area contributed by atoms with E-state index in [2.05, 4.69) is 3.82 Å². The van der Waals surface area contributed by atoms with Crippen molar-refractivity contribution in [2.45, 2.75) is 0 Å². The van der Waals surface area contributed by atoms with Gasteiger partial charge in [-0.3, -0.25) is 0 Å². The van der Waals surface area contributed by atoms with Crippen molar-refractivity contribution in [3.63, 3.8) is 0 Å². The largest absolute Gasteiger partial charge is 0.631 e. The summed E-state index contributed by atoms with van der Waals surface area (Å²) in [5.41, 5.74) is 0. The first-order valence-corrected chi connectivity index (χ1v) is 6.44. The van der Waals surface area contributed by atoms with Crippen LogP contribution in [0.25, 0.3) is 0 Å². The van der Waals surface area contributed by atoms with Crippen molar-refractivity contribution in [1.82, 2.24) is 0 Å². The van der Waals surface area contributed by atoms with Crippen LogP contribution in [0.4, 0.5) is 0 Å². The van der Waals surface area contributed by atoms with Crippen molar-refractivity contribution >= 4 is 20.7 Å². The molecule has 7 nitrogen and oxygen atoms in total. The summed E-state index contributed by atoms with van der Waals surface area (Å²) in [5, 5.41) is 21.5. The first-order chi connectivity index (χ1) is 6.81. The number of hydrogen-bond acceptors (Lipinski definition) is 6. The van der Waals surface area contributed by atoms with Crippen LogP contribution in [0.2, 0.25) is 0 Å². The van der Waals surface area contributed by atoms with Crippen LogP contribution >= 0.6 is 0 Å². The van der Waals surface area contributed by atoms with Gasteiger partial charge < -0.3 is 15.1 Å². The van der Waals surface area contributed by atoms with E-state index < -0.39 is 20.7 Å². The van der Waals surface area contributed by atoms with Crippen LogP contribution in [0.1, 0.15) is 0 Å². The van der Waals surface area contributed by atoms with E-state index in [1.807, 2.05) is 0 Å². The molecule has 1 aromatic carbocycles. The second-order valence-electron chi connectivity index (χ2n) is 2.17. The zero-order valence-electron chi connectivity index (χ0n) is 7.39. The van der Waals surface area contributed by atoms with Crippen molar-refractivity contribution in [3.05, 3.63) is 30.3 Å². The van der Waals surface area contributed by atoms with Gasteiger partial charge >= 0.3 is 72.4 Å². The predicted molar refractivity (Wildman–Crippen MR) is 48.8 cm³/mol. The van der Waals surface area contributed by atoms with Crippen LogP contribution in [0.15, 0.2) is 30.3 Å². The Morgan fingerprint density at radius 2 is 1.47 bits per heavy atom. The number of rotatable bonds is 2. The van der Waals surface area contributed by atoms with E-state index in [0.717, 1.165) is 0 Å². The van der Waals surface area contributed by atoms with Gasteiger partial charge in [0.15, 0.2) is 0 Å². The molecule has 0 atom stereocenters. The van der Waals surface area contributed by atoms with Crippen molar-refractivity contribution in [3.8, 4) is 5.75 Å². The third-order valence-corrected chi connectivity index (χ3v) is 1.79. The fourth-order valence-corrected chi connectivity index (χ4v) is 1.34. The predicted octanol–water partition coefficient (Wildman–Crippen LogP) is -1.70. The van der Waals surface area contributed by atoms with Crippen LogP contribution in [0.3, 0.4) is 0 Å². The SMILES string of the molecule is O=[Se](=O)(O)Oc1ccccc1.OB(O)O. The Labute approximate surface area is 88.0 Å². The first kappa shape index (κ1) is 14.0. The molecule has 84 valence electrons. The van der Waals surface area contributed by atoms with Crippen LogP contribution in [-0.2, 0) is 7.67 Å². The topological polar surface area (TPSA) is 124 Å². The summed E-state index contributed by atoms with van der Waals surface area (Å²) < 4.78 is 32.9. The maximum Gasteiger partial charge on any atom is 0.631 e. The molecule has 0 amide bonds. The molecule has 15 heavy (non-hydrogen) atoms. The minimum atomic E-state index is -5.06. The van der Waals surface area contributed by atoms with Gasteiger partial charge in [-0.05, 0) is 0 Å². The van der Waals surface area contributed by atoms with Crippen LogP contribution < -0.4 is 3.82 Å². The molecule has 0 bridgehead atoms. The number of benzene rings is 1. The Morgan fingerprint density at radius 1 is 1.07 bits per heavy atom. The van der Waals surface area contributed by atoms with E-state index in [1.54, 1.807) is 18.2 Å². The molecule has 0 aliphatic rings. The Morgan fingerprint density at radius 3 is 1.80 bits per heavy atom. The Hall–Kier alpha value is -0.956. The molecule has 0 radical (unpaired) electrons. The van der Waals surface area contributed by atoms with Gasteiger partial charge in [0.05, 0.1) is 0 Å². The average Bonchev–Trinajstić information content (AvgIpc) is 2.01. The van der Waals surface area contributed by atoms with E-state index in [-0.39, 0.29) is 5.75 Å². The Bertz CT molecular complexity index is 360. The second kappa shape index (κ2) is 6.51.